The molecule has 0 bridgehead atoms. The summed E-state index contributed by atoms with van der Waals surface area (Å²) in [6, 6.07) is 10.1. The van der Waals surface area contributed by atoms with Crippen molar-refractivity contribution >= 4 is 0 Å². The minimum absolute atomic E-state index is 0.290. The van der Waals surface area contributed by atoms with E-state index < -0.39 is 0 Å². The van der Waals surface area contributed by atoms with Crippen LogP contribution in [0.2, 0.25) is 0 Å². The van der Waals surface area contributed by atoms with Crippen LogP contribution in [0.3, 0.4) is 0 Å². The summed E-state index contributed by atoms with van der Waals surface area (Å²) in [4.78, 5) is 0. The van der Waals surface area contributed by atoms with Crippen LogP contribution >= 0.6 is 0 Å². The van der Waals surface area contributed by atoms with Crippen LogP contribution in [0.25, 0.3) is 0 Å². The predicted octanol–water partition coefficient (Wildman–Crippen LogP) is 2.14. The van der Waals surface area contributed by atoms with Crippen LogP contribution in [0.1, 0.15) is 18.4 Å². The van der Waals surface area contributed by atoms with Gasteiger partial charge < -0.3 is 9.84 Å². The summed E-state index contributed by atoms with van der Waals surface area (Å²) in [5.41, 5.74) is 1.20. The molecule has 2 heteroatoms. The van der Waals surface area contributed by atoms with Crippen LogP contribution in [-0.4, -0.2) is 11.7 Å². The van der Waals surface area contributed by atoms with Gasteiger partial charge in [-0.05, 0) is 24.3 Å². The fourth-order valence-electron chi connectivity index (χ4n) is 1.59. The third-order valence-corrected chi connectivity index (χ3v) is 2.58. The maximum atomic E-state index is 8.82. The molecule has 1 fully saturated rings. The zero-order valence-electron chi connectivity index (χ0n) is 8.15. The highest BCUT2D eigenvalue weighted by molar-refractivity contribution is 5.13. The minimum Gasteiger partial charge on any atom is -0.396 e. The summed E-state index contributed by atoms with van der Waals surface area (Å²) in [6.07, 6.45) is 3.00. The van der Waals surface area contributed by atoms with Gasteiger partial charge in [-0.1, -0.05) is 30.3 Å². The van der Waals surface area contributed by atoms with Crippen molar-refractivity contribution < 1.29 is 9.84 Å². The van der Waals surface area contributed by atoms with E-state index in [9.17, 15) is 0 Å². The number of aliphatic hydroxyl groups excluding tert-OH is 1. The first-order valence-corrected chi connectivity index (χ1v) is 5.01. The molecule has 0 amide bonds. The van der Waals surface area contributed by atoms with Crippen LogP contribution < -0.4 is 0 Å². The molecule has 2 rings (SSSR count). The van der Waals surface area contributed by atoms with Crippen molar-refractivity contribution in [2.24, 2.45) is 5.92 Å². The van der Waals surface area contributed by atoms with Gasteiger partial charge in [0.05, 0.1) is 12.7 Å². The van der Waals surface area contributed by atoms with Gasteiger partial charge in [0.2, 0.25) is 0 Å². The van der Waals surface area contributed by atoms with Crippen LogP contribution in [0.4, 0.5) is 0 Å². The van der Waals surface area contributed by atoms with Crippen LogP contribution in [-0.2, 0) is 11.3 Å². The Morgan fingerprint density at radius 1 is 1.21 bits per heavy atom. The monoisotopic (exact) mass is 191 g/mol. The first-order valence-electron chi connectivity index (χ1n) is 5.01. The molecular formula is C12H15O2. The highest BCUT2D eigenvalue weighted by Crippen LogP contribution is 2.36. The third kappa shape index (κ3) is 2.34. The lowest BCUT2D eigenvalue weighted by atomic mass is 9.83. The molecule has 0 heterocycles. The topological polar surface area (TPSA) is 29.5 Å². The molecule has 0 aliphatic heterocycles. The van der Waals surface area contributed by atoms with Gasteiger partial charge in [-0.2, -0.15) is 0 Å². The van der Waals surface area contributed by atoms with Crippen molar-refractivity contribution in [3.05, 3.63) is 42.0 Å². The average molecular weight is 191 g/mol. The molecule has 1 aromatic carbocycles. The molecule has 1 aliphatic carbocycles. The van der Waals surface area contributed by atoms with Crippen molar-refractivity contribution in [3.63, 3.8) is 0 Å². The van der Waals surface area contributed by atoms with Gasteiger partial charge >= 0.3 is 0 Å². The summed E-state index contributed by atoms with van der Waals surface area (Å²) in [5, 5.41) is 8.82. The smallest absolute Gasteiger partial charge is 0.0982 e. The molecular weight excluding hydrogens is 176 g/mol. The molecule has 0 atom stereocenters. The van der Waals surface area contributed by atoms with E-state index in [1.54, 1.807) is 0 Å². The quantitative estimate of drug-likeness (QED) is 0.790. The van der Waals surface area contributed by atoms with E-state index in [4.69, 9.17) is 9.84 Å². The standard InChI is InChI=1S/C12H15O2/c13-8-11-6-12(7-11)14-9-10-4-2-1-3-5-10/h1-5,11,13H,6-9H2. The van der Waals surface area contributed by atoms with Crippen LogP contribution in [0.5, 0.6) is 0 Å². The lowest BCUT2D eigenvalue weighted by Crippen LogP contribution is -2.26. The van der Waals surface area contributed by atoms with E-state index in [0.29, 0.717) is 12.5 Å². The Morgan fingerprint density at radius 2 is 1.93 bits per heavy atom. The van der Waals surface area contributed by atoms with Crippen molar-refractivity contribution in [2.45, 2.75) is 19.4 Å². The Morgan fingerprint density at radius 3 is 2.57 bits per heavy atom. The van der Waals surface area contributed by atoms with Gasteiger partial charge in [0.1, 0.15) is 0 Å². The second kappa shape index (κ2) is 4.58. The second-order valence-corrected chi connectivity index (χ2v) is 3.77. The van der Waals surface area contributed by atoms with Crippen molar-refractivity contribution in [1.82, 2.24) is 0 Å². The Hall–Kier alpha value is -0.860. The van der Waals surface area contributed by atoms with Gasteiger partial charge in [-0.25, -0.2) is 0 Å². The number of ether oxygens (including phenoxy) is 1. The van der Waals surface area contributed by atoms with Gasteiger partial charge in [0, 0.05) is 6.61 Å². The molecule has 0 spiro atoms. The number of aliphatic hydroxyl groups is 1. The van der Waals surface area contributed by atoms with E-state index in [-0.39, 0.29) is 6.61 Å². The zero-order valence-corrected chi connectivity index (χ0v) is 8.15. The molecule has 1 N–H and O–H groups in total. The SMILES string of the molecule is OCC1C[C](OCc2ccccc2)C1. The molecule has 14 heavy (non-hydrogen) atoms. The fourth-order valence-corrected chi connectivity index (χ4v) is 1.59. The molecule has 75 valence electrons. The molecule has 0 saturated heterocycles. The van der Waals surface area contributed by atoms with E-state index in [2.05, 4.69) is 12.1 Å². The molecule has 2 nitrogen and oxygen atoms in total. The number of rotatable bonds is 4. The van der Waals surface area contributed by atoms with E-state index in [1.165, 1.54) is 5.56 Å². The molecule has 1 aliphatic rings. The molecule has 0 unspecified atom stereocenters. The lowest BCUT2D eigenvalue weighted by molar-refractivity contribution is 0.0280. The zero-order chi connectivity index (χ0) is 9.80. The second-order valence-electron chi connectivity index (χ2n) is 3.77. The summed E-state index contributed by atoms with van der Waals surface area (Å²) in [5.74, 6) is 0.445. The fraction of sp³-hybridized carbons (Fsp3) is 0.417. The maximum absolute atomic E-state index is 8.82. The predicted molar refractivity (Wildman–Crippen MR) is 54.3 cm³/mol. The number of hydrogen-bond donors (Lipinski definition) is 1. The van der Waals surface area contributed by atoms with E-state index >= 15 is 0 Å². The minimum atomic E-state index is 0.290. The van der Waals surface area contributed by atoms with E-state index in [0.717, 1.165) is 18.9 Å². The number of hydrogen-bond acceptors (Lipinski definition) is 2. The summed E-state index contributed by atoms with van der Waals surface area (Å²) in [7, 11) is 0. The maximum Gasteiger partial charge on any atom is 0.0982 e. The molecule has 1 saturated carbocycles. The third-order valence-electron chi connectivity index (χ3n) is 2.58. The number of benzene rings is 1. The van der Waals surface area contributed by atoms with Gasteiger partial charge in [0.15, 0.2) is 0 Å². The Kier molecular flexibility index (Phi) is 3.17. The normalized spacial score (nSPS) is 18.1. The molecule has 0 aromatic heterocycles. The van der Waals surface area contributed by atoms with Gasteiger partial charge in [-0.15, -0.1) is 0 Å². The molecule has 1 radical (unpaired) electrons. The van der Waals surface area contributed by atoms with Crippen LogP contribution in [0, 0.1) is 12.0 Å². The van der Waals surface area contributed by atoms with Gasteiger partial charge in [0.25, 0.3) is 0 Å². The van der Waals surface area contributed by atoms with Crippen LogP contribution in [0.15, 0.2) is 30.3 Å². The first kappa shape index (κ1) is 9.69. The van der Waals surface area contributed by atoms with Gasteiger partial charge in [-0.3, -0.25) is 0 Å². The Bertz CT molecular complexity index is 265. The first-order chi connectivity index (χ1) is 6.88. The highest BCUT2D eigenvalue weighted by atomic mass is 16.5. The van der Waals surface area contributed by atoms with Crippen molar-refractivity contribution in [2.75, 3.05) is 6.61 Å². The Labute approximate surface area is 84.5 Å². The highest BCUT2D eigenvalue weighted by Gasteiger charge is 2.30. The van der Waals surface area contributed by atoms with E-state index in [1.807, 2.05) is 18.2 Å². The lowest BCUT2D eigenvalue weighted by Gasteiger charge is -2.32. The van der Waals surface area contributed by atoms with Crippen molar-refractivity contribution in [1.29, 1.82) is 0 Å². The largest absolute Gasteiger partial charge is 0.396 e. The average Bonchev–Trinajstić information content (AvgIpc) is 2.17. The summed E-state index contributed by atoms with van der Waals surface area (Å²) in [6.45, 7) is 0.951. The van der Waals surface area contributed by atoms with Crippen molar-refractivity contribution in [3.8, 4) is 0 Å². The summed E-state index contributed by atoms with van der Waals surface area (Å²) >= 11 is 0. The Balaban J connectivity index is 1.69. The summed E-state index contributed by atoms with van der Waals surface area (Å²) < 4.78 is 5.60. The molecule has 1 aromatic rings.